The Balaban J connectivity index is 1.66. The molecule has 3 amide bonds. The van der Waals surface area contributed by atoms with Gasteiger partial charge in [-0.15, -0.1) is 6.58 Å². The third-order valence-electron chi connectivity index (χ3n) is 4.72. The Morgan fingerprint density at radius 3 is 2.66 bits per heavy atom. The molecule has 0 radical (unpaired) electrons. The number of benzene rings is 1. The van der Waals surface area contributed by atoms with Gasteiger partial charge >= 0.3 is 6.03 Å². The summed E-state index contributed by atoms with van der Waals surface area (Å²) in [6.45, 7) is 5.44. The Morgan fingerprint density at radius 1 is 1.17 bits per heavy atom. The molecular weight excluding hydrogens is 370 g/mol. The van der Waals surface area contributed by atoms with E-state index in [0.29, 0.717) is 24.5 Å². The summed E-state index contributed by atoms with van der Waals surface area (Å²) < 4.78 is 11.1. The fourth-order valence-electron chi connectivity index (χ4n) is 3.24. The van der Waals surface area contributed by atoms with E-state index >= 15 is 0 Å². The van der Waals surface area contributed by atoms with Crippen LogP contribution in [0.3, 0.4) is 0 Å². The van der Waals surface area contributed by atoms with Crippen molar-refractivity contribution in [2.45, 2.75) is 25.5 Å². The number of carbonyl (C=O) groups excluding carboxylic acids is 2. The highest BCUT2D eigenvalue weighted by Crippen LogP contribution is 2.16. The molecule has 1 fully saturated rings. The molecule has 29 heavy (non-hydrogen) atoms. The number of hydrogen-bond acceptors (Lipinski definition) is 4. The van der Waals surface area contributed by atoms with Crippen LogP contribution >= 0.6 is 0 Å². The quantitative estimate of drug-likeness (QED) is 0.657. The number of nitrogens with one attached hydrogen (secondary N) is 1. The first-order valence-electron chi connectivity index (χ1n) is 9.79. The lowest BCUT2D eigenvalue weighted by atomic mass is 10.2. The summed E-state index contributed by atoms with van der Waals surface area (Å²) in [5, 5.41) is 2.82. The molecule has 1 saturated heterocycles. The van der Waals surface area contributed by atoms with Gasteiger partial charge in [0.05, 0.1) is 18.9 Å². The summed E-state index contributed by atoms with van der Waals surface area (Å²) in [4.78, 5) is 28.9. The minimum atomic E-state index is -0.348. The molecule has 1 aliphatic heterocycles. The van der Waals surface area contributed by atoms with Crippen LogP contribution in [0, 0.1) is 0 Å². The monoisotopic (exact) mass is 397 g/mol. The normalized spacial score (nSPS) is 15.7. The van der Waals surface area contributed by atoms with Crippen LogP contribution < -0.4 is 5.32 Å². The molecule has 0 aliphatic carbocycles. The van der Waals surface area contributed by atoms with Gasteiger partial charge in [-0.25, -0.2) is 4.79 Å². The smallest absolute Gasteiger partial charge is 0.322 e. The summed E-state index contributed by atoms with van der Waals surface area (Å²) in [7, 11) is 0. The number of furan rings is 1. The molecule has 0 unspecified atom stereocenters. The third-order valence-corrected chi connectivity index (χ3v) is 4.72. The zero-order chi connectivity index (χ0) is 20.5. The first-order chi connectivity index (χ1) is 14.2. The molecule has 7 nitrogen and oxygen atoms in total. The predicted octanol–water partition coefficient (Wildman–Crippen LogP) is 3.51. The maximum Gasteiger partial charge on any atom is 0.322 e. The predicted molar refractivity (Wildman–Crippen MR) is 110 cm³/mol. The van der Waals surface area contributed by atoms with Crippen molar-refractivity contribution < 1.29 is 18.7 Å². The molecule has 1 aliphatic rings. The van der Waals surface area contributed by atoms with Crippen LogP contribution in [0.1, 0.15) is 18.6 Å². The van der Waals surface area contributed by atoms with Crippen molar-refractivity contribution in [2.24, 2.45) is 0 Å². The average molecular weight is 397 g/mol. The van der Waals surface area contributed by atoms with E-state index in [1.54, 1.807) is 35.4 Å². The molecule has 3 rings (SSSR count). The first kappa shape index (κ1) is 20.7. The molecule has 154 valence electrons. The fraction of sp³-hybridized carbons (Fsp3) is 0.364. The number of amides is 3. The second-order valence-corrected chi connectivity index (χ2v) is 6.95. The highest BCUT2D eigenvalue weighted by Gasteiger charge is 2.26. The van der Waals surface area contributed by atoms with Gasteiger partial charge in [-0.1, -0.05) is 24.3 Å². The summed E-state index contributed by atoms with van der Waals surface area (Å²) in [5.41, 5.74) is 0.672. The Hall–Kier alpha value is -3.06. The van der Waals surface area contributed by atoms with Gasteiger partial charge in [-0.3, -0.25) is 4.79 Å². The molecule has 1 N–H and O–H groups in total. The molecule has 0 spiro atoms. The van der Waals surface area contributed by atoms with Gasteiger partial charge in [0, 0.05) is 25.4 Å². The topological polar surface area (TPSA) is 75.0 Å². The van der Waals surface area contributed by atoms with Crippen LogP contribution in [0.4, 0.5) is 10.5 Å². The lowest BCUT2D eigenvalue weighted by Crippen LogP contribution is -2.46. The van der Waals surface area contributed by atoms with E-state index in [1.807, 2.05) is 24.3 Å². The summed E-state index contributed by atoms with van der Waals surface area (Å²) in [6.07, 6.45) is 5.12. The average Bonchev–Trinajstić information content (AvgIpc) is 3.42. The molecule has 7 heteroatoms. The molecular formula is C22H27N3O4. The largest absolute Gasteiger partial charge is 0.467 e. The number of urea groups is 1. The van der Waals surface area contributed by atoms with Crippen molar-refractivity contribution in [3.63, 3.8) is 0 Å². The van der Waals surface area contributed by atoms with Crippen LogP contribution in [0.2, 0.25) is 0 Å². The van der Waals surface area contributed by atoms with Crippen LogP contribution in [-0.2, 0) is 16.1 Å². The number of ether oxygens (including phenoxy) is 1. The number of hydrogen-bond donors (Lipinski definition) is 1. The maximum absolute atomic E-state index is 13.1. The summed E-state index contributed by atoms with van der Waals surface area (Å²) in [6, 6.07) is 12.4. The highest BCUT2D eigenvalue weighted by molar-refractivity contribution is 5.92. The zero-order valence-electron chi connectivity index (χ0n) is 16.5. The second-order valence-electron chi connectivity index (χ2n) is 6.95. The van der Waals surface area contributed by atoms with Crippen LogP contribution in [0.5, 0.6) is 0 Å². The van der Waals surface area contributed by atoms with E-state index in [1.165, 1.54) is 4.90 Å². The highest BCUT2D eigenvalue weighted by atomic mass is 16.5. The fourth-order valence-corrected chi connectivity index (χ4v) is 3.24. The van der Waals surface area contributed by atoms with Crippen molar-refractivity contribution in [3.8, 4) is 0 Å². The van der Waals surface area contributed by atoms with E-state index < -0.39 is 0 Å². The van der Waals surface area contributed by atoms with Gasteiger partial charge in [0.2, 0.25) is 5.91 Å². The third kappa shape index (κ3) is 6.22. The Kier molecular flexibility index (Phi) is 7.47. The second kappa shape index (κ2) is 10.5. The van der Waals surface area contributed by atoms with Gasteiger partial charge in [0.25, 0.3) is 0 Å². The Bertz CT molecular complexity index is 786. The first-order valence-corrected chi connectivity index (χ1v) is 9.79. The van der Waals surface area contributed by atoms with Crippen molar-refractivity contribution in [1.29, 1.82) is 0 Å². The lowest BCUT2D eigenvalue weighted by molar-refractivity contribution is -0.134. The van der Waals surface area contributed by atoms with E-state index in [-0.39, 0.29) is 31.1 Å². The number of rotatable bonds is 9. The van der Waals surface area contributed by atoms with E-state index in [2.05, 4.69) is 11.9 Å². The molecule has 0 bridgehead atoms. The minimum Gasteiger partial charge on any atom is -0.467 e. The number of anilines is 1. The van der Waals surface area contributed by atoms with Crippen LogP contribution in [-0.4, -0.2) is 54.1 Å². The van der Waals surface area contributed by atoms with Gasteiger partial charge < -0.3 is 24.3 Å². The van der Waals surface area contributed by atoms with E-state index in [9.17, 15) is 9.59 Å². The minimum absolute atomic E-state index is 0.0138. The lowest BCUT2D eigenvalue weighted by Gasteiger charge is -2.28. The molecule has 1 aromatic heterocycles. The molecule has 1 aromatic carbocycles. The summed E-state index contributed by atoms with van der Waals surface area (Å²) in [5.74, 6) is 0.530. The molecule has 2 heterocycles. The number of nitrogens with zero attached hydrogens (tertiary/aromatic N) is 2. The maximum atomic E-state index is 13.1. The van der Waals surface area contributed by atoms with E-state index in [4.69, 9.17) is 9.15 Å². The van der Waals surface area contributed by atoms with Crippen molar-refractivity contribution in [3.05, 3.63) is 67.1 Å². The van der Waals surface area contributed by atoms with Gasteiger partial charge in [-0.05, 0) is 37.1 Å². The standard InChI is InChI=1S/C22H27N3O4/c1-2-12-24(22(27)23-18-8-4-3-5-9-18)17-21(26)25(15-19-10-6-13-28-19)16-20-11-7-14-29-20/h2-6,8-10,13,20H,1,7,11-12,14-17H2,(H,23,27)/t20-/m0/s1. The number of carbonyl (C=O) groups is 2. The SMILES string of the molecule is C=CCN(CC(=O)N(Cc1ccco1)C[C@@H]1CCCO1)C(=O)Nc1ccccc1. The molecule has 2 aromatic rings. The van der Waals surface area contributed by atoms with E-state index in [0.717, 1.165) is 19.4 Å². The van der Waals surface area contributed by atoms with Crippen molar-refractivity contribution in [2.75, 3.05) is 31.6 Å². The van der Waals surface area contributed by atoms with Crippen molar-refractivity contribution >= 4 is 17.6 Å². The van der Waals surface area contributed by atoms with Crippen LogP contribution in [0.15, 0.2) is 65.8 Å². The molecule has 1 atom stereocenters. The summed E-state index contributed by atoms with van der Waals surface area (Å²) >= 11 is 0. The Morgan fingerprint density at radius 2 is 2.00 bits per heavy atom. The van der Waals surface area contributed by atoms with Gasteiger partial charge in [0.1, 0.15) is 12.3 Å². The van der Waals surface area contributed by atoms with Crippen molar-refractivity contribution in [1.82, 2.24) is 9.80 Å². The van der Waals surface area contributed by atoms with Gasteiger partial charge in [-0.2, -0.15) is 0 Å². The molecule has 0 saturated carbocycles. The van der Waals surface area contributed by atoms with Crippen LogP contribution in [0.25, 0.3) is 0 Å². The number of para-hydroxylation sites is 1. The zero-order valence-corrected chi connectivity index (χ0v) is 16.5. The Labute approximate surface area is 170 Å². The van der Waals surface area contributed by atoms with Gasteiger partial charge in [0.15, 0.2) is 0 Å².